The number of carbonyl (C=O) groups is 1. The van der Waals surface area contributed by atoms with Gasteiger partial charge in [-0.2, -0.15) is 0 Å². The Bertz CT molecular complexity index is 902. The molecule has 0 fully saturated rings. The standard InChI is InChI=1S/C19H15N3O3/c1-13(23)21-17-7-2-15(3-8-17)19-11-6-16(12-20-19)14-4-9-18(10-5-14)22(24)25/h2-12H,1H3,(H,21,23). The number of aromatic nitrogens is 1. The highest BCUT2D eigenvalue weighted by Crippen LogP contribution is 2.25. The Kier molecular flexibility index (Phi) is 4.52. The number of benzene rings is 2. The molecule has 124 valence electrons. The van der Waals surface area contributed by atoms with Gasteiger partial charge in [0, 0.05) is 42.1 Å². The van der Waals surface area contributed by atoms with E-state index in [1.807, 2.05) is 36.4 Å². The van der Waals surface area contributed by atoms with Crippen LogP contribution in [0.3, 0.4) is 0 Å². The van der Waals surface area contributed by atoms with Gasteiger partial charge in [-0.15, -0.1) is 0 Å². The van der Waals surface area contributed by atoms with Crippen LogP contribution in [0, 0.1) is 10.1 Å². The molecule has 2 aromatic carbocycles. The summed E-state index contributed by atoms with van der Waals surface area (Å²) >= 11 is 0. The van der Waals surface area contributed by atoms with Gasteiger partial charge in [0.15, 0.2) is 0 Å². The van der Waals surface area contributed by atoms with Crippen molar-refractivity contribution in [2.45, 2.75) is 6.92 Å². The summed E-state index contributed by atoms with van der Waals surface area (Å²) < 4.78 is 0. The number of hydrogen-bond donors (Lipinski definition) is 1. The Morgan fingerprint density at radius 3 is 2.04 bits per heavy atom. The molecule has 1 N–H and O–H groups in total. The molecule has 25 heavy (non-hydrogen) atoms. The maximum absolute atomic E-state index is 11.0. The number of carbonyl (C=O) groups excluding carboxylic acids is 1. The van der Waals surface area contributed by atoms with Crippen molar-refractivity contribution in [3.8, 4) is 22.4 Å². The zero-order valence-electron chi connectivity index (χ0n) is 13.5. The fraction of sp³-hybridized carbons (Fsp3) is 0.0526. The van der Waals surface area contributed by atoms with Crippen LogP contribution < -0.4 is 5.32 Å². The van der Waals surface area contributed by atoms with Crippen molar-refractivity contribution >= 4 is 17.3 Å². The van der Waals surface area contributed by atoms with E-state index in [0.29, 0.717) is 0 Å². The maximum Gasteiger partial charge on any atom is 0.269 e. The van der Waals surface area contributed by atoms with E-state index in [0.717, 1.165) is 28.1 Å². The highest BCUT2D eigenvalue weighted by molar-refractivity contribution is 5.88. The van der Waals surface area contributed by atoms with Crippen LogP contribution in [0.2, 0.25) is 0 Å². The van der Waals surface area contributed by atoms with Crippen LogP contribution in [0.5, 0.6) is 0 Å². The lowest BCUT2D eigenvalue weighted by atomic mass is 10.1. The molecule has 0 saturated carbocycles. The number of nitrogens with zero attached hydrogens (tertiary/aromatic N) is 2. The van der Waals surface area contributed by atoms with Gasteiger partial charge in [-0.3, -0.25) is 19.9 Å². The van der Waals surface area contributed by atoms with Gasteiger partial charge in [-0.1, -0.05) is 18.2 Å². The number of nitrogens with one attached hydrogen (secondary N) is 1. The van der Waals surface area contributed by atoms with Crippen LogP contribution in [0.4, 0.5) is 11.4 Å². The summed E-state index contributed by atoms with van der Waals surface area (Å²) in [6.07, 6.45) is 1.73. The summed E-state index contributed by atoms with van der Waals surface area (Å²) in [5, 5.41) is 13.4. The third kappa shape index (κ3) is 3.87. The van der Waals surface area contributed by atoms with Crippen molar-refractivity contribution in [2.24, 2.45) is 0 Å². The lowest BCUT2D eigenvalue weighted by Gasteiger charge is -2.06. The first-order valence-corrected chi connectivity index (χ1v) is 7.62. The minimum atomic E-state index is -0.421. The van der Waals surface area contributed by atoms with Crippen LogP contribution in [-0.4, -0.2) is 15.8 Å². The number of rotatable bonds is 4. The van der Waals surface area contributed by atoms with Crippen LogP contribution in [-0.2, 0) is 4.79 Å². The van der Waals surface area contributed by atoms with Gasteiger partial charge < -0.3 is 5.32 Å². The first-order chi connectivity index (χ1) is 12.0. The van der Waals surface area contributed by atoms with Crippen LogP contribution >= 0.6 is 0 Å². The van der Waals surface area contributed by atoms with E-state index in [1.54, 1.807) is 18.3 Å². The number of nitro groups is 1. The van der Waals surface area contributed by atoms with E-state index in [9.17, 15) is 14.9 Å². The maximum atomic E-state index is 11.0. The lowest BCUT2D eigenvalue weighted by molar-refractivity contribution is -0.384. The number of nitro benzene ring substituents is 1. The average Bonchev–Trinajstić information content (AvgIpc) is 2.62. The molecule has 0 atom stereocenters. The third-order valence-corrected chi connectivity index (χ3v) is 3.68. The van der Waals surface area contributed by atoms with Gasteiger partial charge in [0.2, 0.25) is 5.91 Å². The Morgan fingerprint density at radius 2 is 1.52 bits per heavy atom. The van der Waals surface area contributed by atoms with Gasteiger partial charge in [0.05, 0.1) is 10.6 Å². The molecule has 0 aliphatic rings. The van der Waals surface area contributed by atoms with Crippen molar-refractivity contribution in [1.29, 1.82) is 0 Å². The van der Waals surface area contributed by atoms with E-state index in [4.69, 9.17) is 0 Å². The van der Waals surface area contributed by atoms with E-state index >= 15 is 0 Å². The summed E-state index contributed by atoms with van der Waals surface area (Å²) in [5.41, 5.74) is 4.29. The van der Waals surface area contributed by atoms with Gasteiger partial charge in [-0.05, 0) is 35.9 Å². The van der Waals surface area contributed by atoms with E-state index in [-0.39, 0.29) is 11.6 Å². The molecular formula is C19H15N3O3. The second kappa shape index (κ2) is 6.92. The summed E-state index contributed by atoms with van der Waals surface area (Å²) in [6.45, 7) is 1.46. The molecule has 0 aliphatic carbocycles. The van der Waals surface area contributed by atoms with Gasteiger partial charge in [-0.25, -0.2) is 0 Å². The number of pyridine rings is 1. The predicted octanol–water partition coefficient (Wildman–Crippen LogP) is 4.28. The fourth-order valence-electron chi connectivity index (χ4n) is 2.44. The molecule has 3 rings (SSSR count). The summed E-state index contributed by atoms with van der Waals surface area (Å²) in [5.74, 6) is -0.113. The topological polar surface area (TPSA) is 85.1 Å². The van der Waals surface area contributed by atoms with Crippen LogP contribution in [0.15, 0.2) is 66.9 Å². The average molecular weight is 333 g/mol. The molecule has 0 spiro atoms. The van der Waals surface area contributed by atoms with Crippen molar-refractivity contribution in [1.82, 2.24) is 4.98 Å². The zero-order chi connectivity index (χ0) is 17.8. The highest BCUT2D eigenvalue weighted by Gasteiger charge is 2.06. The summed E-state index contributed by atoms with van der Waals surface area (Å²) in [7, 11) is 0. The molecular weight excluding hydrogens is 318 g/mol. The SMILES string of the molecule is CC(=O)Nc1ccc(-c2ccc(-c3ccc([N+](=O)[O-])cc3)cn2)cc1. The first-order valence-electron chi connectivity index (χ1n) is 7.62. The number of amides is 1. The molecule has 3 aromatic rings. The third-order valence-electron chi connectivity index (χ3n) is 3.68. The molecule has 1 heterocycles. The number of non-ortho nitro benzene ring substituents is 1. The minimum Gasteiger partial charge on any atom is -0.326 e. The summed E-state index contributed by atoms with van der Waals surface area (Å²) in [4.78, 5) is 25.8. The van der Waals surface area contributed by atoms with Crippen molar-refractivity contribution in [2.75, 3.05) is 5.32 Å². The van der Waals surface area contributed by atoms with E-state index < -0.39 is 4.92 Å². The van der Waals surface area contributed by atoms with Crippen molar-refractivity contribution in [3.05, 3.63) is 77.0 Å². The fourth-order valence-corrected chi connectivity index (χ4v) is 2.44. The van der Waals surface area contributed by atoms with Gasteiger partial charge >= 0.3 is 0 Å². The molecule has 0 bridgehead atoms. The Morgan fingerprint density at radius 1 is 0.920 bits per heavy atom. The van der Waals surface area contributed by atoms with E-state index in [2.05, 4.69) is 10.3 Å². The molecule has 0 saturated heterocycles. The molecule has 0 radical (unpaired) electrons. The molecule has 0 aliphatic heterocycles. The highest BCUT2D eigenvalue weighted by atomic mass is 16.6. The predicted molar refractivity (Wildman–Crippen MR) is 96.1 cm³/mol. The largest absolute Gasteiger partial charge is 0.326 e. The van der Waals surface area contributed by atoms with Crippen LogP contribution in [0.25, 0.3) is 22.4 Å². The molecule has 1 aromatic heterocycles. The number of anilines is 1. The smallest absolute Gasteiger partial charge is 0.269 e. The molecule has 0 unspecified atom stereocenters. The Balaban J connectivity index is 1.79. The summed E-state index contributed by atoms with van der Waals surface area (Å²) in [6, 6.07) is 17.6. The van der Waals surface area contributed by atoms with Crippen molar-refractivity contribution in [3.63, 3.8) is 0 Å². The van der Waals surface area contributed by atoms with Crippen molar-refractivity contribution < 1.29 is 9.72 Å². The second-order valence-electron chi connectivity index (χ2n) is 5.49. The molecule has 6 nitrogen and oxygen atoms in total. The molecule has 6 heteroatoms. The minimum absolute atomic E-state index is 0.0626. The first kappa shape index (κ1) is 16.3. The number of hydrogen-bond acceptors (Lipinski definition) is 4. The second-order valence-corrected chi connectivity index (χ2v) is 5.49. The normalized spacial score (nSPS) is 10.3. The lowest BCUT2D eigenvalue weighted by Crippen LogP contribution is -2.05. The van der Waals surface area contributed by atoms with E-state index in [1.165, 1.54) is 19.1 Å². The van der Waals surface area contributed by atoms with Crippen LogP contribution in [0.1, 0.15) is 6.92 Å². The zero-order valence-corrected chi connectivity index (χ0v) is 13.5. The molecule has 1 amide bonds. The Labute approximate surface area is 144 Å². The van der Waals surface area contributed by atoms with Gasteiger partial charge in [0.25, 0.3) is 5.69 Å². The Hall–Kier alpha value is -3.54. The quantitative estimate of drug-likeness (QED) is 0.570. The van der Waals surface area contributed by atoms with Gasteiger partial charge in [0.1, 0.15) is 0 Å². The monoisotopic (exact) mass is 333 g/mol.